The molecule has 1 amide bonds. The summed E-state index contributed by atoms with van der Waals surface area (Å²) in [7, 11) is 3.11. The van der Waals surface area contributed by atoms with E-state index in [2.05, 4.69) is 15.2 Å². The molecule has 1 saturated heterocycles. The van der Waals surface area contributed by atoms with Crippen LogP contribution in [0.15, 0.2) is 15.7 Å². The lowest BCUT2D eigenvalue weighted by atomic mass is 10.1. The number of carbonyl (C=O) groups is 1. The van der Waals surface area contributed by atoms with Crippen LogP contribution in [0.4, 0.5) is 10.6 Å². The van der Waals surface area contributed by atoms with E-state index in [4.69, 9.17) is 4.74 Å². The average molecular weight is 377 g/mol. The Bertz CT molecular complexity index is 979. The van der Waals surface area contributed by atoms with Crippen LogP contribution >= 0.6 is 0 Å². The molecule has 0 bridgehead atoms. The number of fused-ring (bicyclic) bond motifs is 1. The zero-order valence-corrected chi connectivity index (χ0v) is 16.5. The van der Waals surface area contributed by atoms with E-state index in [9.17, 15) is 14.4 Å². The largest absolute Gasteiger partial charge is 0.444 e. The van der Waals surface area contributed by atoms with Gasteiger partial charge in [-0.1, -0.05) is 0 Å². The van der Waals surface area contributed by atoms with Crippen LogP contribution in [0.5, 0.6) is 0 Å². The quantitative estimate of drug-likeness (QED) is 0.815. The Labute approximate surface area is 156 Å². The fourth-order valence-corrected chi connectivity index (χ4v) is 3.40. The van der Waals surface area contributed by atoms with Gasteiger partial charge in [0.15, 0.2) is 0 Å². The lowest BCUT2D eigenvalue weighted by molar-refractivity contribution is 0.0500. The minimum Gasteiger partial charge on any atom is -0.444 e. The van der Waals surface area contributed by atoms with Crippen LogP contribution in [0.2, 0.25) is 0 Å². The highest BCUT2D eigenvalue weighted by molar-refractivity contribution is 5.80. The van der Waals surface area contributed by atoms with Crippen LogP contribution in [0.25, 0.3) is 11.0 Å². The first-order valence-corrected chi connectivity index (χ1v) is 9.10. The van der Waals surface area contributed by atoms with Crippen molar-refractivity contribution in [3.63, 3.8) is 0 Å². The summed E-state index contributed by atoms with van der Waals surface area (Å²) in [5.41, 5.74) is -0.279. The van der Waals surface area contributed by atoms with E-state index in [0.29, 0.717) is 17.6 Å². The van der Waals surface area contributed by atoms with Gasteiger partial charge in [-0.3, -0.25) is 13.9 Å². The summed E-state index contributed by atoms with van der Waals surface area (Å²) in [6.07, 6.45) is 1.32. The van der Waals surface area contributed by atoms with Crippen molar-refractivity contribution >= 4 is 22.9 Å². The normalized spacial score (nSPS) is 18.0. The fraction of sp³-hybridized carbons (Fsp3) is 0.611. The number of H-pyrrole nitrogens is 1. The number of aryl methyl sites for hydroxylation is 1. The highest BCUT2D eigenvalue weighted by Crippen LogP contribution is 2.22. The monoisotopic (exact) mass is 377 g/mol. The van der Waals surface area contributed by atoms with E-state index in [1.807, 2.05) is 26.8 Å². The molecule has 0 aliphatic carbocycles. The molecule has 3 heterocycles. The third-order valence-electron chi connectivity index (χ3n) is 4.72. The van der Waals surface area contributed by atoms with Crippen LogP contribution in [0, 0.1) is 0 Å². The summed E-state index contributed by atoms with van der Waals surface area (Å²) in [5, 5.41) is 2.91. The molecular formula is C18H27N5O4. The third kappa shape index (κ3) is 3.86. The number of piperidine rings is 1. The summed E-state index contributed by atoms with van der Waals surface area (Å²) in [4.78, 5) is 41.7. The number of carbonyl (C=O) groups excluding carboxylic acids is 1. The Kier molecular flexibility index (Phi) is 4.79. The number of aromatic amines is 1. The van der Waals surface area contributed by atoms with Crippen LogP contribution in [-0.4, -0.2) is 44.9 Å². The molecule has 2 aromatic heterocycles. The Hall–Kier alpha value is -2.71. The van der Waals surface area contributed by atoms with Gasteiger partial charge < -0.3 is 19.9 Å². The molecule has 2 N–H and O–H groups in total. The van der Waals surface area contributed by atoms with Crippen LogP contribution in [0.3, 0.4) is 0 Å². The standard InChI is InChI=1S/C18H27N5O4/c1-18(2,3)27-16(25)19-11-7-6-8-23(10-11)13-9-12-14(20-13)15(24)22(5)17(26)21(12)4/h9,11,20H,6-8,10H2,1-5H3,(H,19,25). The molecule has 1 unspecified atom stereocenters. The molecule has 27 heavy (non-hydrogen) atoms. The van der Waals surface area contributed by atoms with Gasteiger partial charge in [0.25, 0.3) is 5.56 Å². The number of rotatable bonds is 2. The van der Waals surface area contributed by atoms with Gasteiger partial charge in [-0.05, 0) is 33.6 Å². The van der Waals surface area contributed by atoms with Crippen LogP contribution < -0.4 is 21.5 Å². The molecule has 1 aliphatic rings. The molecule has 0 aromatic carbocycles. The summed E-state index contributed by atoms with van der Waals surface area (Å²) in [6.45, 7) is 6.88. The zero-order chi connectivity index (χ0) is 19.9. The number of hydrogen-bond donors (Lipinski definition) is 2. The van der Waals surface area contributed by atoms with Gasteiger partial charge in [0.05, 0.1) is 5.52 Å². The third-order valence-corrected chi connectivity index (χ3v) is 4.72. The number of hydrogen-bond acceptors (Lipinski definition) is 5. The molecule has 3 rings (SSSR count). The SMILES string of the molecule is Cn1c(=O)c2[nH]c(N3CCCC(NC(=O)OC(C)(C)C)C3)cc2n(C)c1=O. The van der Waals surface area contributed by atoms with Crippen molar-refractivity contribution in [2.45, 2.75) is 45.3 Å². The first kappa shape index (κ1) is 19.1. The second kappa shape index (κ2) is 6.79. The first-order valence-electron chi connectivity index (χ1n) is 9.10. The van der Waals surface area contributed by atoms with Gasteiger partial charge in [0.2, 0.25) is 0 Å². The molecule has 0 spiro atoms. The molecule has 148 valence electrons. The van der Waals surface area contributed by atoms with E-state index < -0.39 is 11.7 Å². The number of alkyl carbamates (subject to hydrolysis) is 1. The van der Waals surface area contributed by atoms with Crippen LogP contribution in [-0.2, 0) is 18.8 Å². The van der Waals surface area contributed by atoms with Gasteiger partial charge in [-0.15, -0.1) is 0 Å². The molecule has 9 nitrogen and oxygen atoms in total. The van der Waals surface area contributed by atoms with Gasteiger partial charge in [-0.25, -0.2) is 9.59 Å². The maximum atomic E-state index is 12.4. The lowest BCUT2D eigenvalue weighted by Gasteiger charge is -2.34. The molecule has 2 aromatic rings. The minimum atomic E-state index is -0.541. The Balaban J connectivity index is 1.82. The molecule has 1 aliphatic heterocycles. The van der Waals surface area contributed by atoms with E-state index in [-0.39, 0.29) is 17.3 Å². The lowest BCUT2D eigenvalue weighted by Crippen LogP contribution is -2.49. The van der Waals surface area contributed by atoms with E-state index in [0.717, 1.165) is 29.8 Å². The maximum absolute atomic E-state index is 12.4. The van der Waals surface area contributed by atoms with E-state index in [1.54, 1.807) is 7.05 Å². The summed E-state index contributed by atoms with van der Waals surface area (Å²) < 4.78 is 7.87. The number of nitrogens with one attached hydrogen (secondary N) is 2. The molecule has 1 fully saturated rings. The number of aromatic nitrogens is 3. The number of anilines is 1. The highest BCUT2D eigenvalue weighted by atomic mass is 16.6. The number of ether oxygens (including phenoxy) is 1. The molecular weight excluding hydrogens is 350 g/mol. The predicted octanol–water partition coefficient (Wildman–Crippen LogP) is 1.06. The van der Waals surface area contributed by atoms with Crippen molar-refractivity contribution in [3.05, 3.63) is 26.9 Å². The maximum Gasteiger partial charge on any atom is 0.407 e. The van der Waals surface area contributed by atoms with Crippen molar-refractivity contribution in [2.75, 3.05) is 18.0 Å². The number of amides is 1. The second-order valence-corrected chi connectivity index (χ2v) is 8.05. The predicted molar refractivity (Wildman–Crippen MR) is 103 cm³/mol. The van der Waals surface area contributed by atoms with Crippen molar-refractivity contribution in [3.8, 4) is 0 Å². The highest BCUT2D eigenvalue weighted by Gasteiger charge is 2.25. The Morgan fingerprint density at radius 1 is 1.26 bits per heavy atom. The van der Waals surface area contributed by atoms with Crippen LogP contribution in [0.1, 0.15) is 33.6 Å². The molecule has 0 radical (unpaired) electrons. The summed E-state index contributed by atoms with van der Waals surface area (Å²) >= 11 is 0. The number of nitrogens with zero attached hydrogens (tertiary/aromatic N) is 3. The van der Waals surface area contributed by atoms with Gasteiger partial charge >= 0.3 is 11.8 Å². The van der Waals surface area contributed by atoms with Gasteiger partial charge in [0, 0.05) is 39.3 Å². The van der Waals surface area contributed by atoms with E-state index >= 15 is 0 Å². The van der Waals surface area contributed by atoms with Gasteiger partial charge in [-0.2, -0.15) is 0 Å². The molecule has 9 heteroatoms. The molecule has 0 saturated carbocycles. The van der Waals surface area contributed by atoms with Crippen molar-refractivity contribution < 1.29 is 9.53 Å². The Morgan fingerprint density at radius 2 is 1.96 bits per heavy atom. The minimum absolute atomic E-state index is 0.0494. The zero-order valence-electron chi connectivity index (χ0n) is 16.5. The summed E-state index contributed by atoms with van der Waals surface area (Å²) in [5.74, 6) is 0.763. The summed E-state index contributed by atoms with van der Waals surface area (Å²) in [6, 6.07) is 1.76. The van der Waals surface area contributed by atoms with Crippen molar-refractivity contribution in [1.29, 1.82) is 0 Å². The van der Waals surface area contributed by atoms with Crippen molar-refractivity contribution in [1.82, 2.24) is 19.4 Å². The van der Waals surface area contributed by atoms with Gasteiger partial charge in [0.1, 0.15) is 16.9 Å². The Morgan fingerprint density at radius 3 is 2.63 bits per heavy atom. The second-order valence-electron chi connectivity index (χ2n) is 8.05. The topological polar surface area (TPSA) is 101 Å². The average Bonchev–Trinajstić information content (AvgIpc) is 3.02. The fourth-order valence-electron chi connectivity index (χ4n) is 3.40. The smallest absolute Gasteiger partial charge is 0.407 e. The first-order chi connectivity index (χ1) is 12.6. The van der Waals surface area contributed by atoms with E-state index in [1.165, 1.54) is 11.6 Å². The van der Waals surface area contributed by atoms with Crippen molar-refractivity contribution in [2.24, 2.45) is 14.1 Å². The molecule has 1 atom stereocenters.